The first-order chi connectivity index (χ1) is 17.0. The Bertz CT molecular complexity index is 1210. The first-order valence-corrected chi connectivity index (χ1v) is 11.1. The van der Waals surface area contributed by atoms with Crippen LogP contribution in [0, 0.1) is 0 Å². The summed E-state index contributed by atoms with van der Waals surface area (Å²) in [6.45, 7) is 0.966. The van der Waals surface area contributed by atoms with E-state index in [0.29, 0.717) is 40.4 Å². The van der Waals surface area contributed by atoms with Crippen molar-refractivity contribution in [2.24, 2.45) is 0 Å². The number of rotatable bonds is 5. The van der Waals surface area contributed by atoms with Crippen LogP contribution in [0.15, 0.2) is 18.2 Å². The summed E-state index contributed by atoms with van der Waals surface area (Å²) in [5.74, 6) is -1.93. The molecular weight excluding hydrogens is 483 g/mol. The number of carbonyl (C=O) groups excluding carboxylic acids is 2. The van der Waals surface area contributed by atoms with Crippen molar-refractivity contribution in [3.05, 3.63) is 40.5 Å². The van der Waals surface area contributed by atoms with E-state index in [4.69, 9.17) is 23.7 Å². The third-order valence-electron chi connectivity index (χ3n) is 6.61. The summed E-state index contributed by atoms with van der Waals surface area (Å²) in [6, 6.07) is 4.02. The average molecular weight is 509 g/mol. The molecule has 0 spiro atoms. The zero-order valence-electron chi connectivity index (χ0n) is 20.4. The molecule has 0 saturated heterocycles. The van der Waals surface area contributed by atoms with Crippen LogP contribution in [0.25, 0.3) is 0 Å². The third-order valence-corrected chi connectivity index (χ3v) is 6.61. The number of benzene rings is 2. The molecular formula is C25H26F3NO7. The summed E-state index contributed by atoms with van der Waals surface area (Å²) < 4.78 is 68.4. The smallest absolute Gasteiger partial charge is 0.471 e. The normalized spacial score (nSPS) is 18.4. The van der Waals surface area contributed by atoms with Crippen molar-refractivity contribution >= 4 is 11.9 Å². The second kappa shape index (κ2) is 9.44. The summed E-state index contributed by atoms with van der Waals surface area (Å²) in [5, 5.41) is 0. The molecule has 1 aliphatic carbocycles. The Hall–Kier alpha value is -3.63. The van der Waals surface area contributed by atoms with Crippen LogP contribution in [-0.2, 0) is 16.0 Å². The number of fused-ring (bicyclic) bond motifs is 2. The number of amides is 1. The van der Waals surface area contributed by atoms with Gasteiger partial charge in [0, 0.05) is 24.9 Å². The molecule has 4 rings (SSSR count). The lowest BCUT2D eigenvalue weighted by Crippen LogP contribution is -2.49. The minimum Gasteiger partial charge on any atom is -0.493 e. The fourth-order valence-corrected chi connectivity index (χ4v) is 5.22. The number of aryl methyl sites for hydroxylation is 1. The highest BCUT2D eigenvalue weighted by Gasteiger charge is 2.49. The molecule has 194 valence electrons. The van der Waals surface area contributed by atoms with E-state index in [1.54, 1.807) is 12.1 Å². The fraction of sp³-hybridized carbons (Fsp3) is 0.440. The molecule has 2 aromatic carbocycles. The number of carbonyl (C=O) groups is 2. The lowest BCUT2D eigenvalue weighted by molar-refractivity contribution is -0.189. The van der Waals surface area contributed by atoms with Gasteiger partial charge in [-0.1, -0.05) is 0 Å². The molecule has 2 bridgehead atoms. The number of alkyl halides is 3. The molecule has 8 nitrogen and oxygen atoms in total. The second-order valence-electron chi connectivity index (χ2n) is 8.51. The molecule has 1 heterocycles. The van der Waals surface area contributed by atoms with E-state index in [1.165, 1.54) is 41.4 Å². The van der Waals surface area contributed by atoms with E-state index >= 15 is 0 Å². The van der Waals surface area contributed by atoms with Crippen molar-refractivity contribution in [3.8, 4) is 28.7 Å². The van der Waals surface area contributed by atoms with Crippen molar-refractivity contribution < 1.29 is 46.4 Å². The second-order valence-corrected chi connectivity index (χ2v) is 8.51. The van der Waals surface area contributed by atoms with Gasteiger partial charge in [-0.25, -0.2) is 0 Å². The first-order valence-electron chi connectivity index (χ1n) is 11.1. The number of esters is 1. The van der Waals surface area contributed by atoms with Crippen molar-refractivity contribution in [1.82, 2.24) is 4.90 Å². The van der Waals surface area contributed by atoms with Crippen LogP contribution in [0.1, 0.15) is 47.6 Å². The van der Waals surface area contributed by atoms with Crippen LogP contribution < -0.4 is 23.7 Å². The van der Waals surface area contributed by atoms with Gasteiger partial charge < -0.3 is 28.6 Å². The molecule has 0 unspecified atom stereocenters. The van der Waals surface area contributed by atoms with Gasteiger partial charge >= 0.3 is 18.1 Å². The summed E-state index contributed by atoms with van der Waals surface area (Å²) in [4.78, 5) is 25.1. The molecule has 1 aliphatic heterocycles. The van der Waals surface area contributed by atoms with Crippen LogP contribution in [0.2, 0.25) is 0 Å². The molecule has 0 fully saturated rings. The molecule has 11 heteroatoms. The van der Waals surface area contributed by atoms with E-state index in [-0.39, 0.29) is 24.5 Å². The van der Waals surface area contributed by atoms with Gasteiger partial charge in [-0.3, -0.25) is 9.59 Å². The maximum absolute atomic E-state index is 13.7. The predicted molar refractivity (Wildman–Crippen MR) is 121 cm³/mol. The summed E-state index contributed by atoms with van der Waals surface area (Å²) in [7, 11) is 5.76. The Morgan fingerprint density at radius 3 is 2.08 bits per heavy atom. The van der Waals surface area contributed by atoms with Crippen LogP contribution in [0.5, 0.6) is 28.7 Å². The van der Waals surface area contributed by atoms with Gasteiger partial charge in [-0.05, 0) is 47.7 Å². The summed E-state index contributed by atoms with van der Waals surface area (Å²) >= 11 is 0. The quantitative estimate of drug-likeness (QED) is 0.442. The Morgan fingerprint density at radius 1 is 0.889 bits per heavy atom. The molecule has 0 N–H and O–H groups in total. The van der Waals surface area contributed by atoms with Gasteiger partial charge in [-0.15, -0.1) is 0 Å². The highest BCUT2D eigenvalue weighted by Crippen LogP contribution is 2.54. The van der Waals surface area contributed by atoms with E-state index in [0.717, 1.165) is 10.5 Å². The maximum atomic E-state index is 13.7. The van der Waals surface area contributed by atoms with Gasteiger partial charge in [0.2, 0.25) is 5.75 Å². The van der Waals surface area contributed by atoms with E-state index in [1.807, 2.05) is 0 Å². The van der Waals surface area contributed by atoms with E-state index < -0.39 is 30.0 Å². The lowest BCUT2D eigenvalue weighted by Gasteiger charge is -2.44. The highest BCUT2D eigenvalue weighted by atomic mass is 19.4. The van der Waals surface area contributed by atoms with Crippen molar-refractivity contribution in [1.29, 1.82) is 0 Å². The molecule has 0 saturated carbocycles. The predicted octanol–water partition coefficient (Wildman–Crippen LogP) is 4.17. The standard InChI is InChI=1S/C25H26F3NO7/c1-12(30)36-19-10-15-14(9-18(19)32-2)16-11-29(24(31)25(26,27)28)17(15)7-6-13-8-20(33-3)22(34-4)23(35-5)21(13)16/h8-10,16-17H,6-7,11H2,1-5H3/t16-,17-/m0/s1. The van der Waals surface area contributed by atoms with Crippen molar-refractivity contribution in [2.45, 2.75) is 37.9 Å². The Morgan fingerprint density at radius 2 is 1.53 bits per heavy atom. The molecule has 36 heavy (non-hydrogen) atoms. The maximum Gasteiger partial charge on any atom is 0.471 e. The summed E-state index contributed by atoms with van der Waals surface area (Å²) in [5.41, 5.74) is 2.50. The van der Waals surface area contributed by atoms with Gasteiger partial charge in [-0.2, -0.15) is 13.2 Å². The van der Waals surface area contributed by atoms with Crippen LogP contribution in [-0.4, -0.2) is 57.9 Å². The first kappa shape index (κ1) is 25.5. The SMILES string of the molecule is COc1cc2c(cc1OC(C)=O)[C@@H]1CCc3cc(OC)c(OC)c(OC)c3[C@H]2CN1C(=O)C(F)(F)F. The van der Waals surface area contributed by atoms with Crippen LogP contribution in [0.4, 0.5) is 13.2 Å². The average Bonchev–Trinajstić information content (AvgIpc) is 2.82. The highest BCUT2D eigenvalue weighted by molar-refractivity contribution is 5.83. The molecule has 1 amide bonds. The fourth-order valence-electron chi connectivity index (χ4n) is 5.22. The number of hydrogen-bond acceptors (Lipinski definition) is 7. The number of nitrogens with zero attached hydrogens (tertiary/aromatic N) is 1. The van der Waals surface area contributed by atoms with Crippen LogP contribution in [0.3, 0.4) is 0 Å². The topological polar surface area (TPSA) is 83.5 Å². The Labute approximate surface area is 205 Å². The van der Waals surface area contributed by atoms with E-state index in [2.05, 4.69) is 0 Å². The van der Waals surface area contributed by atoms with Gasteiger partial charge in [0.15, 0.2) is 23.0 Å². The molecule has 2 atom stereocenters. The molecule has 2 aromatic rings. The van der Waals surface area contributed by atoms with Gasteiger partial charge in [0.1, 0.15) is 0 Å². The van der Waals surface area contributed by atoms with Gasteiger partial charge in [0.25, 0.3) is 0 Å². The van der Waals surface area contributed by atoms with Gasteiger partial charge in [0.05, 0.1) is 34.5 Å². The molecule has 0 aromatic heterocycles. The number of hydrogen-bond donors (Lipinski definition) is 0. The number of ether oxygens (including phenoxy) is 5. The van der Waals surface area contributed by atoms with Crippen molar-refractivity contribution in [2.75, 3.05) is 35.0 Å². The minimum atomic E-state index is -5.06. The zero-order valence-corrected chi connectivity index (χ0v) is 20.4. The minimum absolute atomic E-state index is 0.0638. The summed E-state index contributed by atoms with van der Waals surface area (Å²) in [6.07, 6.45) is -4.54. The number of halogens is 3. The third kappa shape index (κ3) is 4.16. The van der Waals surface area contributed by atoms with Crippen LogP contribution >= 0.6 is 0 Å². The Kier molecular flexibility index (Phi) is 6.68. The largest absolute Gasteiger partial charge is 0.493 e. The Balaban J connectivity index is 2.03. The van der Waals surface area contributed by atoms with Crippen molar-refractivity contribution in [3.63, 3.8) is 0 Å². The monoisotopic (exact) mass is 509 g/mol. The zero-order chi connectivity index (χ0) is 26.4. The lowest BCUT2D eigenvalue weighted by atomic mass is 9.74. The molecule has 0 radical (unpaired) electrons. The van der Waals surface area contributed by atoms with E-state index in [9.17, 15) is 22.8 Å². The number of methoxy groups -OCH3 is 4. The molecule has 2 aliphatic rings.